The summed E-state index contributed by atoms with van der Waals surface area (Å²) in [5.74, 6) is 1.49. The Labute approximate surface area is 131 Å². The Morgan fingerprint density at radius 3 is 2.55 bits per heavy atom. The summed E-state index contributed by atoms with van der Waals surface area (Å²) in [6.07, 6.45) is 1.87. The molecule has 0 heterocycles. The van der Waals surface area contributed by atoms with Crippen molar-refractivity contribution in [2.24, 2.45) is 5.10 Å². The first-order valence-corrected chi connectivity index (χ1v) is 7.46. The van der Waals surface area contributed by atoms with Crippen molar-refractivity contribution >= 4 is 11.9 Å². The average Bonchev–Trinajstić information content (AvgIpc) is 2.51. The van der Waals surface area contributed by atoms with E-state index in [-0.39, 0.29) is 6.10 Å². The molecular formula is C18H22N2O2. The number of anilines is 1. The van der Waals surface area contributed by atoms with Crippen molar-refractivity contribution in [2.75, 3.05) is 12.0 Å². The van der Waals surface area contributed by atoms with Crippen LogP contribution in [0.4, 0.5) is 5.69 Å². The summed E-state index contributed by atoms with van der Waals surface area (Å²) in [6, 6.07) is 15.6. The van der Waals surface area contributed by atoms with E-state index in [0.29, 0.717) is 6.61 Å². The molecule has 2 aromatic rings. The number of nitrogens with one attached hydrogen (secondary N) is 1. The number of para-hydroxylation sites is 1. The van der Waals surface area contributed by atoms with E-state index in [0.717, 1.165) is 22.7 Å². The summed E-state index contributed by atoms with van der Waals surface area (Å²) in [5, 5.41) is 4.23. The van der Waals surface area contributed by atoms with E-state index in [2.05, 4.69) is 10.5 Å². The second-order valence-corrected chi connectivity index (χ2v) is 5.04. The Kier molecular flexibility index (Phi) is 5.83. The molecule has 0 spiro atoms. The Hall–Kier alpha value is -2.49. The SMILES string of the molecule is CCOc1cc(/C=N/Nc2ccccc2)ccc1OC(C)C. The van der Waals surface area contributed by atoms with E-state index in [4.69, 9.17) is 9.47 Å². The number of nitrogens with zero attached hydrogens (tertiary/aromatic N) is 1. The smallest absolute Gasteiger partial charge is 0.161 e. The summed E-state index contributed by atoms with van der Waals surface area (Å²) < 4.78 is 11.4. The van der Waals surface area contributed by atoms with Crippen molar-refractivity contribution in [3.05, 3.63) is 54.1 Å². The van der Waals surface area contributed by atoms with Gasteiger partial charge in [0.1, 0.15) is 0 Å². The van der Waals surface area contributed by atoms with Gasteiger partial charge in [-0.1, -0.05) is 18.2 Å². The lowest BCUT2D eigenvalue weighted by molar-refractivity contribution is 0.224. The molecule has 0 saturated heterocycles. The number of ether oxygens (including phenoxy) is 2. The summed E-state index contributed by atoms with van der Waals surface area (Å²) >= 11 is 0. The predicted molar refractivity (Wildman–Crippen MR) is 91.0 cm³/mol. The number of hydrazone groups is 1. The Balaban J connectivity index is 2.09. The molecule has 116 valence electrons. The average molecular weight is 298 g/mol. The van der Waals surface area contributed by atoms with Crippen molar-refractivity contribution < 1.29 is 9.47 Å². The van der Waals surface area contributed by atoms with E-state index < -0.39 is 0 Å². The summed E-state index contributed by atoms with van der Waals surface area (Å²) in [4.78, 5) is 0. The number of hydrogen-bond donors (Lipinski definition) is 1. The van der Waals surface area contributed by atoms with Crippen molar-refractivity contribution in [3.8, 4) is 11.5 Å². The van der Waals surface area contributed by atoms with Gasteiger partial charge in [0.15, 0.2) is 11.5 Å². The van der Waals surface area contributed by atoms with Gasteiger partial charge in [0.05, 0.1) is 24.6 Å². The van der Waals surface area contributed by atoms with Crippen LogP contribution < -0.4 is 14.9 Å². The lowest BCUT2D eigenvalue weighted by Gasteiger charge is -2.14. The van der Waals surface area contributed by atoms with Gasteiger partial charge in [0, 0.05) is 0 Å². The van der Waals surface area contributed by atoms with E-state index in [1.807, 2.05) is 69.3 Å². The first-order valence-electron chi connectivity index (χ1n) is 7.46. The fraction of sp³-hybridized carbons (Fsp3) is 0.278. The highest BCUT2D eigenvalue weighted by Crippen LogP contribution is 2.28. The minimum atomic E-state index is 0.110. The maximum atomic E-state index is 5.74. The van der Waals surface area contributed by atoms with Crippen LogP contribution in [-0.2, 0) is 0 Å². The van der Waals surface area contributed by atoms with Gasteiger partial charge in [0.25, 0.3) is 0 Å². The quantitative estimate of drug-likeness (QED) is 0.611. The summed E-state index contributed by atoms with van der Waals surface area (Å²) in [7, 11) is 0. The van der Waals surface area contributed by atoms with Gasteiger partial charge in [-0.25, -0.2) is 0 Å². The first kappa shape index (κ1) is 15.9. The molecule has 0 aliphatic carbocycles. The van der Waals surface area contributed by atoms with Crippen LogP contribution in [0.5, 0.6) is 11.5 Å². The molecule has 0 bridgehead atoms. The Morgan fingerprint density at radius 1 is 1.09 bits per heavy atom. The van der Waals surface area contributed by atoms with Crippen LogP contribution in [0.15, 0.2) is 53.6 Å². The van der Waals surface area contributed by atoms with Crippen LogP contribution in [0, 0.1) is 0 Å². The lowest BCUT2D eigenvalue weighted by Crippen LogP contribution is -2.07. The fourth-order valence-electron chi connectivity index (χ4n) is 1.92. The molecule has 2 aromatic carbocycles. The molecule has 22 heavy (non-hydrogen) atoms. The van der Waals surface area contributed by atoms with Gasteiger partial charge in [0.2, 0.25) is 0 Å². The Bertz CT molecular complexity index is 610. The minimum absolute atomic E-state index is 0.110. The molecule has 0 amide bonds. The zero-order chi connectivity index (χ0) is 15.8. The minimum Gasteiger partial charge on any atom is -0.490 e. The molecule has 0 atom stereocenters. The molecule has 0 aliphatic heterocycles. The topological polar surface area (TPSA) is 42.8 Å². The van der Waals surface area contributed by atoms with Crippen molar-refractivity contribution in [1.29, 1.82) is 0 Å². The van der Waals surface area contributed by atoms with Crippen molar-refractivity contribution in [1.82, 2.24) is 0 Å². The van der Waals surface area contributed by atoms with Gasteiger partial charge in [-0.05, 0) is 56.7 Å². The molecule has 0 saturated carbocycles. The van der Waals surface area contributed by atoms with E-state index in [1.54, 1.807) is 6.21 Å². The molecule has 4 nitrogen and oxygen atoms in total. The molecule has 2 rings (SSSR count). The third-order valence-electron chi connectivity index (χ3n) is 2.81. The highest BCUT2D eigenvalue weighted by atomic mass is 16.5. The summed E-state index contributed by atoms with van der Waals surface area (Å²) in [6.45, 7) is 6.54. The highest BCUT2D eigenvalue weighted by Gasteiger charge is 2.07. The molecule has 0 aromatic heterocycles. The maximum absolute atomic E-state index is 5.74. The first-order chi connectivity index (χ1) is 10.7. The van der Waals surface area contributed by atoms with Gasteiger partial charge in [-0.3, -0.25) is 5.43 Å². The maximum Gasteiger partial charge on any atom is 0.161 e. The molecule has 1 N–H and O–H groups in total. The zero-order valence-corrected chi connectivity index (χ0v) is 13.2. The van der Waals surface area contributed by atoms with Crippen LogP contribution in [0.1, 0.15) is 26.3 Å². The zero-order valence-electron chi connectivity index (χ0n) is 13.2. The van der Waals surface area contributed by atoms with E-state index >= 15 is 0 Å². The monoisotopic (exact) mass is 298 g/mol. The van der Waals surface area contributed by atoms with Crippen LogP contribution in [-0.4, -0.2) is 18.9 Å². The fourth-order valence-corrected chi connectivity index (χ4v) is 1.92. The molecule has 4 heteroatoms. The van der Waals surface area contributed by atoms with Crippen molar-refractivity contribution in [2.45, 2.75) is 26.9 Å². The van der Waals surface area contributed by atoms with E-state index in [9.17, 15) is 0 Å². The molecule has 0 unspecified atom stereocenters. The largest absolute Gasteiger partial charge is 0.490 e. The molecular weight excluding hydrogens is 276 g/mol. The van der Waals surface area contributed by atoms with Crippen LogP contribution in [0.25, 0.3) is 0 Å². The predicted octanol–water partition coefficient (Wildman–Crippen LogP) is 4.32. The van der Waals surface area contributed by atoms with Gasteiger partial charge < -0.3 is 9.47 Å². The van der Waals surface area contributed by atoms with Gasteiger partial charge >= 0.3 is 0 Å². The molecule has 0 aliphatic rings. The number of rotatable bonds is 7. The van der Waals surface area contributed by atoms with Gasteiger partial charge in [-0.2, -0.15) is 5.10 Å². The third-order valence-corrected chi connectivity index (χ3v) is 2.81. The van der Waals surface area contributed by atoms with Crippen LogP contribution in [0.2, 0.25) is 0 Å². The van der Waals surface area contributed by atoms with E-state index in [1.165, 1.54) is 0 Å². The lowest BCUT2D eigenvalue weighted by atomic mass is 10.2. The molecule has 0 radical (unpaired) electrons. The summed E-state index contributed by atoms with van der Waals surface area (Å²) in [5.41, 5.74) is 4.88. The second kappa shape index (κ2) is 8.08. The van der Waals surface area contributed by atoms with Crippen molar-refractivity contribution in [3.63, 3.8) is 0 Å². The van der Waals surface area contributed by atoms with Crippen LogP contribution >= 0.6 is 0 Å². The van der Waals surface area contributed by atoms with Gasteiger partial charge in [-0.15, -0.1) is 0 Å². The third kappa shape index (κ3) is 4.81. The number of hydrogen-bond acceptors (Lipinski definition) is 4. The normalized spacial score (nSPS) is 10.9. The van der Waals surface area contributed by atoms with Crippen LogP contribution in [0.3, 0.4) is 0 Å². The highest BCUT2D eigenvalue weighted by molar-refractivity contribution is 5.81. The number of benzene rings is 2. The second-order valence-electron chi connectivity index (χ2n) is 5.04. The Morgan fingerprint density at radius 2 is 1.86 bits per heavy atom. The molecule has 0 fully saturated rings. The standard InChI is InChI=1S/C18H22N2O2/c1-4-21-18-12-15(10-11-17(18)22-14(2)3)13-19-20-16-8-6-5-7-9-16/h5-14,20H,4H2,1-3H3/b19-13+.